The van der Waals surface area contributed by atoms with Gasteiger partial charge in [0.15, 0.2) is 0 Å². The molecule has 0 unspecified atom stereocenters. The molecule has 2 fully saturated rings. The van der Waals surface area contributed by atoms with Gasteiger partial charge >= 0.3 is 0 Å². The monoisotopic (exact) mass is 341 g/mol. The second kappa shape index (κ2) is 6.92. The Kier molecular flexibility index (Phi) is 4.48. The van der Waals surface area contributed by atoms with Crippen molar-refractivity contribution in [1.29, 1.82) is 0 Å². The fraction of sp³-hybridized carbons (Fsp3) is 0.556. The molecule has 132 valence electrons. The van der Waals surface area contributed by atoms with E-state index in [9.17, 15) is 9.59 Å². The summed E-state index contributed by atoms with van der Waals surface area (Å²) in [6.45, 7) is 4.07. The van der Waals surface area contributed by atoms with Gasteiger partial charge < -0.3 is 10.2 Å². The zero-order valence-corrected chi connectivity index (χ0v) is 14.2. The highest BCUT2D eigenvalue weighted by Gasteiger charge is 2.31. The smallest absolute Gasteiger partial charge is 0.277 e. The highest BCUT2D eigenvalue weighted by atomic mass is 16.2. The lowest BCUT2D eigenvalue weighted by Crippen LogP contribution is -2.34. The normalized spacial score (nSPS) is 23.4. The lowest BCUT2D eigenvalue weighted by Gasteiger charge is -2.21. The molecule has 25 heavy (non-hydrogen) atoms. The topological polar surface area (TPSA) is 80.1 Å². The molecule has 2 aromatic rings. The van der Waals surface area contributed by atoms with Gasteiger partial charge in [-0.15, -0.1) is 5.10 Å². The molecule has 7 heteroatoms. The van der Waals surface area contributed by atoms with Crippen molar-refractivity contribution in [3.05, 3.63) is 34.6 Å². The minimum atomic E-state index is -0.185. The van der Waals surface area contributed by atoms with E-state index in [1.54, 1.807) is 12.1 Å². The molecule has 0 bridgehead atoms. The zero-order valence-electron chi connectivity index (χ0n) is 14.2. The van der Waals surface area contributed by atoms with Gasteiger partial charge in [-0.05, 0) is 49.9 Å². The minimum absolute atomic E-state index is 0.106. The largest absolute Gasteiger partial charge is 0.343 e. The van der Waals surface area contributed by atoms with Gasteiger partial charge in [-0.3, -0.25) is 9.59 Å². The van der Waals surface area contributed by atoms with E-state index < -0.39 is 0 Å². The average molecular weight is 341 g/mol. The Hall–Kier alpha value is -2.28. The van der Waals surface area contributed by atoms with Crippen LogP contribution < -0.4 is 10.9 Å². The van der Waals surface area contributed by atoms with Crippen LogP contribution in [0.5, 0.6) is 0 Å². The summed E-state index contributed by atoms with van der Waals surface area (Å²) in [6, 6.07) is 7.15. The number of fused-ring (bicyclic) bond motifs is 2. The van der Waals surface area contributed by atoms with Gasteiger partial charge in [0.1, 0.15) is 5.52 Å². The van der Waals surface area contributed by atoms with Crippen LogP contribution in [0.15, 0.2) is 29.1 Å². The van der Waals surface area contributed by atoms with Gasteiger partial charge in [-0.1, -0.05) is 17.3 Å². The van der Waals surface area contributed by atoms with Crippen LogP contribution in [0.4, 0.5) is 0 Å². The predicted molar refractivity (Wildman–Crippen MR) is 94.1 cm³/mol. The number of carbonyl (C=O) groups is 1. The number of nitrogens with zero attached hydrogens (tertiary/aromatic N) is 4. The summed E-state index contributed by atoms with van der Waals surface area (Å²) in [5.74, 6) is 1.51. The van der Waals surface area contributed by atoms with Crippen LogP contribution in [-0.4, -0.2) is 52.0 Å². The molecule has 1 amide bonds. The summed E-state index contributed by atoms with van der Waals surface area (Å²) in [5.41, 5.74) is 0.401. The fourth-order valence-electron chi connectivity index (χ4n) is 4.00. The van der Waals surface area contributed by atoms with Crippen molar-refractivity contribution in [1.82, 2.24) is 25.2 Å². The maximum Gasteiger partial charge on any atom is 0.277 e. The van der Waals surface area contributed by atoms with Gasteiger partial charge in [0.25, 0.3) is 5.56 Å². The van der Waals surface area contributed by atoms with Crippen molar-refractivity contribution in [2.24, 2.45) is 11.8 Å². The van der Waals surface area contributed by atoms with E-state index in [0.717, 1.165) is 39.0 Å². The Labute approximate surface area is 146 Å². The Morgan fingerprint density at radius 1 is 1.16 bits per heavy atom. The highest BCUT2D eigenvalue weighted by Crippen LogP contribution is 2.27. The van der Waals surface area contributed by atoms with E-state index in [0.29, 0.717) is 29.2 Å². The van der Waals surface area contributed by atoms with E-state index in [1.807, 2.05) is 17.0 Å². The Bertz CT molecular complexity index is 820. The molecular formula is C18H23N5O2. The lowest BCUT2D eigenvalue weighted by atomic mass is 9.92. The van der Waals surface area contributed by atoms with Gasteiger partial charge in [-0.2, -0.15) is 0 Å². The number of amides is 1. The molecule has 0 aliphatic carbocycles. The molecule has 1 N–H and O–H groups in total. The third kappa shape index (κ3) is 3.28. The van der Waals surface area contributed by atoms with E-state index in [2.05, 4.69) is 15.6 Å². The van der Waals surface area contributed by atoms with E-state index in [1.165, 1.54) is 4.68 Å². The summed E-state index contributed by atoms with van der Waals surface area (Å²) < 4.78 is 1.30. The first-order valence-electron chi connectivity index (χ1n) is 9.03. The van der Waals surface area contributed by atoms with Crippen LogP contribution in [0.2, 0.25) is 0 Å². The third-order valence-electron chi connectivity index (χ3n) is 5.54. The van der Waals surface area contributed by atoms with Crippen LogP contribution in [0.3, 0.4) is 0 Å². The summed E-state index contributed by atoms with van der Waals surface area (Å²) in [5, 5.41) is 12.0. The predicted octanol–water partition coefficient (Wildman–Crippen LogP) is 0.640. The molecule has 4 rings (SSSR count). The quantitative estimate of drug-likeness (QED) is 0.886. The average Bonchev–Trinajstić information content (AvgIpc) is 2.99. The zero-order chi connectivity index (χ0) is 17.2. The number of rotatable bonds is 3. The van der Waals surface area contributed by atoms with Crippen LogP contribution in [0.1, 0.15) is 19.3 Å². The molecule has 0 radical (unpaired) electrons. The maximum atomic E-state index is 12.6. The lowest BCUT2D eigenvalue weighted by molar-refractivity contribution is -0.131. The van der Waals surface area contributed by atoms with Gasteiger partial charge in [0, 0.05) is 19.5 Å². The molecule has 1 aromatic heterocycles. The van der Waals surface area contributed by atoms with Crippen molar-refractivity contribution in [3.63, 3.8) is 0 Å². The van der Waals surface area contributed by atoms with Crippen LogP contribution in [0, 0.1) is 11.8 Å². The molecule has 1 aromatic carbocycles. The van der Waals surface area contributed by atoms with Crippen LogP contribution in [-0.2, 0) is 11.3 Å². The van der Waals surface area contributed by atoms with Crippen molar-refractivity contribution in [2.75, 3.05) is 26.2 Å². The van der Waals surface area contributed by atoms with Crippen molar-refractivity contribution in [3.8, 4) is 0 Å². The molecule has 2 saturated heterocycles. The highest BCUT2D eigenvalue weighted by molar-refractivity contribution is 5.77. The number of carbonyl (C=O) groups excluding carboxylic acids is 1. The molecular weight excluding hydrogens is 318 g/mol. The van der Waals surface area contributed by atoms with Gasteiger partial charge in [0.05, 0.1) is 11.9 Å². The van der Waals surface area contributed by atoms with Crippen molar-refractivity contribution in [2.45, 2.75) is 25.8 Å². The summed E-state index contributed by atoms with van der Waals surface area (Å²) in [6.07, 6.45) is 2.43. The maximum absolute atomic E-state index is 12.6. The molecule has 2 atom stereocenters. The molecule has 0 saturated carbocycles. The molecule has 2 aliphatic heterocycles. The number of likely N-dealkylation sites (tertiary alicyclic amines) is 1. The van der Waals surface area contributed by atoms with E-state index in [-0.39, 0.29) is 18.0 Å². The molecule has 3 heterocycles. The minimum Gasteiger partial charge on any atom is -0.343 e. The second-order valence-electron chi connectivity index (χ2n) is 7.02. The number of nitrogens with one attached hydrogen (secondary N) is 1. The number of hydrogen-bond acceptors (Lipinski definition) is 5. The number of aromatic nitrogens is 3. The van der Waals surface area contributed by atoms with Crippen LogP contribution >= 0.6 is 0 Å². The number of hydrogen-bond donors (Lipinski definition) is 1. The van der Waals surface area contributed by atoms with Crippen molar-refractivity contribution >= 4 is 16.8 Å². The third-order valence-corrected chi connectivity index (χ3v) is 5.54. The van der Waals surface area contributed by atoms with E-state index in [4.69, 9.17) is 0 Å². The summed E-state index contributed by atoms with van der Waals surface area (Å²) in [7, 11) is 0. The SMILES string of the molecule is O=C(CCn1nnc2ccccc2c1=O)N1CC[C@@H]2CNC[C@@H]2CC1. The molecule has 2 aliphatic rings. The molecule has 0 spiro atoms. The Morgan fingerprint density at radius 2 is 1.88 bits per heavy atom. The molecule has 7 nitrogen and oxygen atoms in total. The summed E-state index contributed by atoms with van der Waals surface area (Å²) >= 11 is 0. The Balaban J connectivity index is 1.40. The second-order valence-corrected chi connectivity index (χ2v) is 7.02. The number of benzene rings is 1. The first-order valence-corrected chi connectivity index (χ1v) is 9.03. The van der Waals surface area contributed by atoms with Gasteiger partial charge in [0.2, 0.25) is 5.91 Å². The first kappa shape index (κ1) is 16.2. The number of aryl methyl sites for hydroxylation is 1. The van der Waals surface area contributed by atoms with E-state index >= 15 is 0 Å². The van der Waals surface area contributed by atoms with Crippen LogP contribution in [0.25, 0.3) is 10.9 Å². The standard InChI is InChI=1S/C18H23N5O2/c24-17(22-8-5-13-11-19-12-14(13)6-9-22)7-10-23-18(25)15-3-1-2-4-16(15)20-21-23/h1-4,13-14,19H,5-12H2/t13-,14+. The van der Waals surface area contributed by atoms with Crippen molar-refractivity contribution < 1.29 is 4.79 Å². The Morgan fingerprint density at radius 3 is 2.64 bits per heavy atom. The van der Waals surface area contributed by atoms with Gasteiger partial charge in [-0.25, -0.2) is 4.68 Å². The fourth-order valence-corrected chi connectivity index (χ4v) is 4.00. The summed E-state index contributed by atoms with van der Waals surface area (Å²) in [4.78, 5) is 27.0. The first-order chi connectivity index (χ1) is 12.2.